The van der Waals surface area contributed by atoms with Gasteiger partial charge in [0, 0.05) is 29.8 Å². The number of aryl methyl sites for hydroxylation is 1. The summed E-state index contributed by atoms with van der Waals surface area (Å²) in [4.78, 5) is 15.5. The second-order valence-corrected chi connectivity index (χ2v) is 6.78. The van der Waals surface area contributed by atoms with E-state index in [1.54, 1.807) is 11.8 Å². The lowest BCUT2D eigenvalue weighted by Gasteiger charge is -2.23. The highest BCUT2D eigenvalue weighted by Crippen LogP contribution is 2.31. The van der Waals surface area contributed by atoms with Gasteiger partial charge in [0.25, 0.3) is 0 Å². The third-order valence-electron chi connectivity index (χ3n) is 3.89. The number of carbonyl (C=O) groups excluding carboxylic acids is 1. The number of nitrogens with zero attached hydrogens (tertiary/aromatic N) is 2. The molecule has 0 radical (unpaired) electrons. The second kappa shape index (κ2) is 7.55. The van der Waals surface area contributed by atoms with Crippen molar-refractivity contribution in [3.05, 3.63) is 47.9 Å². The van der Waals surface area contributed by atoms with Crippen LogP contribution in [0.4, 0.5) is 4.79 Å². The summed E-state index contributed by atoms with van der Waals surface area (Å²) in [5, 5.41) is 7.07. The molecule has 5 nitrogen and oxygen atoms in total. The summed E-state index contributed by atoms with van der Waals surface area (Å²) in [5.41, 5.74) is 0.855. The highest BCUT2D eigenvalue weighted by atomic mass is 32.2. The van der Waals surface area contributed by atoms with Crippen LogP contribution in [-0.4, -0.2) is 34.9 Å². The van der Waals surface area contributed by atoms with Crippen LogP contribution >= 0.6 is 11.8 Å². The third-order valence-corrected chi connectivity index (χ3v) is 4.91. The maximum atomic E-state index is 12.4. The Kier molecular flexibility index (Phi) is 5.23. The molecule has 1 atom stereocenters. The van der Waals surface area contributed by atoms with Gasteiger partial charge in [-0.1, -0.05) is 23.4 Å². The third kappa shape index (κ3) is 4.07. The van der Waals surface area contributed by atoms with Crippen LogP contribution in [0.25, 0.3) is 0 Å². The minimum atomic E-state index is -0.0122. The van der Waals surface area contributed by atoms with Gasteiger partial charge in [0.05, 0.1) is 6.04 Å². The first kappa shape index (κ1) is 15.9. The molecule has 1 unspecified atom stereocenters. The first-order valence-corrected chi connectivity index (χ1v) is 8.88. The van der Waals surface area contributed by atoms with E-state index in [1.165, 1.54) is 4.90 Å². The predicted octanol–water partition coefficient (Wildman–Crippen LogP) is 3.62. The van der Waals surface area contributed by atoms with E-state index in [9.17, 15) is 4.79 Å². The molecule has 6 heteroatoms. The monoisotopic (exact) mass is 331 g/mol. The molecule has 3 rings (SSSR count). The van der Waals surface area contributed by atoms with Crippen LogP contribution in [0.5, 0.6) is 0 Å². The number of rotatable bonds is 5. The first-order chi connectivity index (χ1) is 11.2. The number of carbonyl (C=O) groups is 1. The molecule has 2 amide bonds. The number of hydrogen-bond acceptors (Lipinski definition) is 4. The molecule has 1 aliphatic rings. The summed E-state index contributed by atoms with van der Waals surface area (Å²) in [6.45, 7) is 3.30. The Labute approximate surface area is 140 Å². The standard InChI is InChI=1S/C17H21N3O2S/c1-13-12-15(19-22-13)16-8-5-10-20(16)17(21)18-9-11-23-14-6-3-2-4-7-14/h2-4,6-7,12,16H,5,8-11H2,1H3,(H,18,21). The van der Waals surface area contributed by atoms with E-state index in [4.69, 9.17) is 4.52 Å². The van der Waals surface area contributed by atoms with Crippen molar-refractivity contribution in [2.45, 2.75) is 30.7 Å². The molecule has 1 fully saturated rings. The average Bonchev–Trinajstić information content (AvgIpc) is 3.21. The molecule has 0 aliphatic carbocycles. The summed E-state index contributed by atoms with van der Waals surface area (Å²) in [5.74, 6) is 1.64. The Morgan fingerprint density at radius 1 is 1.43 bits per heavy atom. The number of hydrogen-bond donors (Lipinski definition) is 1. The van der Waals surface area contributed by atoms with Gasteiger partial charge in [0.2, 0.25) is 0 Å². The summed E-state index contributed by atoms with van der Waals surface area (Å²) < 4.78 is 5.14. The molecule has 1 aromatic heterocycles. The van der Waals surface area contributed by atoms with Crippen LogP contribution in [0.2, 0.25) is 0 Å². The molecule has 0 spiro atoms. The van der Waals surface area contributed by atoms with Crippen LogP contribution in [0.1, 0.15) is 30.3 Å². The van der Waals surface area contributed by atoms with Crippen molar-refractivity contribution >= 4 is 17.8 Å². The van der Waals surface area contributed by atoms with Gasteiger partial charge in [-0.3, -0.25) is 0 Å². The molecular formula is C17H21N3O2S. The number of benzene rings is 1. The topological polar surface area (TPSA) is 58.4 Å². The van der Waals surface area contributed by atoms with Crippen molar-refractivity contribution in [1.29, 1.82) is 0 Å². The molecule has 23 heavy (non-hydrogen) atoms. The molecule has 0 bridgehead atoms. The molecule has 2 heterocycles. The lowest BCUT2D eigenvalue weighted by molar-refractivity contribution is 0.191. The minimum Gasteiger partial charge on any atom is -0.361 e. The highest BCUT2D eigenvalue weighted by molar-refractivity contribution is 7.99. The van der Waals surface area contributed by atoms with Crippen LogP contribution in [0.3, 0.4) is 0 Å². The molecule has 1 N–H and O–H groups in total. The Hall–Kier alpha value is -1.95. The Morgan fingerprint density at radius 3 is 3.00 bits per heavy atom. The molecular weight excluding hydrogens is 310 g/mol. The zero-order valence-electron chi connectivity index (χ0n) is 13.2. The average molecular weight is 331 g/mol. The van der Waals surface area contributed by atoms with Crippen LogP contribution in [-0.2, 0) is 0 Å². The summed E-state index contributed by atoms with van der Waals surface area (Å²) in [7, 11) is 0. The van der Waals surface area contributed by atoms with E-state index in [1.807, 2.05) is 36.1 Å². The minimum absolute atomic E-state index is 0.0122. The van der Waals surface area contributed by atoms with Crippen LogP contribution in [0, 0.1) is 6.92 Å². The zero-order chi connectivity index (χ0) is 16.1. The zero-order valence-corrected chi connectivity index (χ0v) is 14.0. The Balaban J connectivity index is 1.47. The van der Waals surface area contributed by atoms with Gasteiger partial charge in [-0.2, -0.15) is 0 Å². The number of likely N-dealkylation sites (tertiary alicyclic amines) is 1. The fourth-order valence-corrected chi connectivity index (χ4v) is 3.59. The van der Waals surface area contributed by atoms with Gasteiger partial charge in [-0.05, 0) is 31.9 Å². The van der Waals surface area contributed by atoms with Gasteiger partial charge in [-0.15, -0.1) is 11.8 Å². The number of amides is 2. The Bertz CT molecular complexity index is 644. The number of aromatic nitrogens is 1. The lowest BCUT2D eigenvalue weighted by Crippen LogP contribution is -2.40. The molecule has 122 valence electrons. The second-order valence-electron chi connectivity index (χ2n) is 5.61. The normalized spacial score (nSPS) is 17.4. The number of thioether (sulfide) groups is 1. The lowest BCUT2D eigenvalue weighted by atomic mass is 10.1. The number of nitrogens with one attached hydrogen (secondary N) is 1. The van der Waals surface area contributed by atoms with Crippen molar-refractivity contribution in [2.24, 2.45) is 0 Å². The van der Waals surface area contributed by atoms with E-state index in [2.05, 4.69) is 22.6 Å². The van der Waals surface area contributed by atoms with Crippen molar-refractivity contribution in [3.8, 4) is 0 Å². The molecule has 1 aromatic carbocycles. The fourth-order valence-electron chi connectivity index (χ4n) is 2.81. The van der Waals surface area contributed by atoms with E-state index < -0.39 is 0 Å². The van der Waals surface area contributed by atoms with Crippen LogP contribution in [0.15, 0.2) is 45.8 Å². The summed E-state index contributed by atoms with van der Waals surface area (Å²) >= 11 is 1.74. The summed E-state index contributed by atoms with van der Waals surface area (Å²) in [6, 6.07) is 12.2. The van der Waals surface area contributed by atoms with Gasteiger partial charge in [0.15, 0.2) is 0 Å². The summed E-state index contributed by atoms with van der Waals surface area (Å²) in [6.07, 6.45) is 1.95. The van der Waals surface area contributed by atoms with E-state index >= 15 is 0 Å². The van der Waals surface area contributed by atoms with Crippen LogP contribution < -0.4 is 5.32 Å². The molecule has 1 aliphatic heterocycles. The SMILES string of the molecule is Cc1cc(C2CCCN2C(=O)NCCSc2ccccc2)no1. The van der Waals surface area contributed by atoms with Gasteiger partial charge < -0.3 is 14.7 Å². The van der Waals surface area contributed by atoms with Gasteiger partial charge >= 0.3 is 6.03 Å². The van der Waals surface area contributed by atoms with Gasteiger partial charge in [-0.25, -0.2) is 4.79 Å². The predicted molar refractivity (Wildman–Crippen MR) is 90.5 cm³/mol. The first-order valence-electron chi connectivity index (χ1n) is 7.89. The van der Waals surface area contributed by atoms with Crippen molar-refractivity contribution in [3.63, 3.8) is 0 Å². The van der Waals surface area contributed by atoms with E-state index in [0.717, 1.165) is 36.6 Å². The largest absolute Gasteiger partial charge is 0.361 e. The van der Waals surface area contributed by atoms with E-state index in [0.29, 0.717) is 6.54 Å². The molecule has 1 saturated heterocycles. The van der Waals surface area contributed by atoms with Crippen molar-refractivity contribution < 1.29 is 9.32 Å². The van der Waals surface area contributed by atoms with E-state index in [-0.39, 0.29) is 12.1 Å². The maximum absolute atomic E-state index is 12.4. The molecule has 0 saturated carbocycles. The maximum Gasteiger partial charge on any atom is 0.317 e. The number of urea groups is 1. The molecule has 2 aromatic rings. The quantitative estimate of drug-likeness (QED) is 0.671. The van der Waals surface area contributed by atoms with Gasteiger partial charge in [0.1, 0.15) is 11.5 Å². The van der Waals surface area contributed by atoms with Crippen molar-refractivity contribution in [2.75, 3.05) is 18.8 Å². The Morgan fingerprint density at radius 2 is 2.26 bits per heavy atom. The smallest absolute Gasteiger partial charge is 0.317 e. The fraction of sp³-hybridized carbons (Fsp3) is 0.412. The van der Waals surface area contributed by atoms with Crippen molar-refractivity contribution in [1.82, 2.24) is 15.4 Å². The highest BCUT2D eigenvalue weighted by Gasteiger charge is 2.31.